The number of carbonyl (C=O) groups excluding carboxylic acids is 2. The first-order chi connectivity index (χ1) is 14.0. The molecule has 0 saturated heterocycles. The van der Waals surface area contributed by atoms with Gasteiger partial charge in [-0.25, -0.2) is 9.37 Å². The van der Waals surface area contributed by atoms with E-state index in [0.29, 0.717) is 23.4 Å². The fraction of sp³-hybridized carbons (Fsp3) is 0.0952. The molecule has 146 valence electrons. The predicted molar refractivity (Wildman–Crippen MR) is 99.4 cm³/mol. The number of nitrogens with zero attached hydrogens (tertiary/aromatic N) is 2. The lowest BCUT2D eigenvalue weighted by Crippen LogP contribution is -2.24. The van der Waals surface area contributed by atoms with Gasteiger partial charge < -0.3 is 24.2 Å². The second kappa shape index (κ2) is 7.59. The molecule has 2 aromatic heterocycles. The van der Waals surface area contributed by atoms with Crippen LogP contribution in [-0.4, -0.2) is 21.4 Å². The number of hydrogen-bond donors (Lipinski definition) is 1. The molecule has 0 aliphatic carbocycles. The minimum atomic E-state index is -1.30. The molecule has 0 unspecified atom stereocenters. The summed E-state index contributed by atoms with van der Waals surface area (Å²) >= 11 is 0. The van der Waals surface area contributed by atoms with Gasteiger partial charge in [-0.1, -0.05) is 18.2 Å². The fourth-order valence-electron chi connectivity index (χ4n) is 3.04. The molecule has 1 amide bonds. The predicted octanol–water partition coefficient (Wildman–Crippen LogP) is 2.11. The Kier molecular flexibility index (Phi) is 4.82. The maximum Gasteiger partial charge on any atom is 0.287 e. The summed E-state index contributed by atoms with van der Waals surface area (Å²) in [6.07, 6.45) is 1.40. The third kappa shape index (κ3) is 3.86. The van der Waals surface area contributed by atoms with Crippen molar-refractivity contribution in [1.29, 1.82) is 0 Å². The van der Waals surface area contributed by atoms with Crippen molar-refractivity contribution in [2.45, 2.75) is 13.1 Å². The van der Waals surface area contributed by atoms with Crippen molar-refractivity contribution in [3.8, 4) is 0 Å². The molecule has 0 aliphatic heterocycles. The summed E-state index contributed by atoms with van der Waals surface area (Å²) in [7, 11) is 0. The highest BCUT2D eigenvalue weighted by molar-refractivity contribution is 5.92. The molecule has 2 aromatic carbocycles. The minimum Gasteiger partial charge on any atom is -0.545 e. The number of halogens is 1. The van der Waals surface area contributed by atoms with Gasteiger partial charge in [-0.3, -0.25) is 4.79 Å². The van der Waals surface area contributed by atoms with Gasteiger partial charge in [-0.2, -0.15) is 0 Å². The van der Waals surface area contributed by atoms with E-state index in [1.54, 1.807) is 30.3 Å². The van der Waals surface area contributed by atoms with E-state index in [9.17, 15) is 19.1 Å². The van der Waals surface area contributed by atoms with Gasteiger partial charge in [0.15, 0.2) is 5.76 Å². The van der Waals surface area contributed by atoms with Gasteiger partial charge in [0.25, 0.3) is 5.91 Å². The number of aromatic nitrogens is 2. The second-order valence-electron chi connectivity index (χ2n) is 6.39. The maximum atomic E-state index is 13.2. The van der Waals surface area contributed by atoms with Crippen molar-refractivity contribution < 1.29 is 23.5 Å². The van der Waals surface area contributed by atoms with Crippen LogP contribution in [0.2, 0.25) is 0 Å². The van der Waals surface area contributed by atoms with Crippen LogP contribution in [0.15, 0.2) is 65.3 Å². The van der Waals surface area contributed by atoms with Crippen LogP contribution in [0.1, 0.15) is 32.3 Å². The standard InChI is InChI=1S/C21H16FN3O4/c22-15-6-3-13(4-7-15)12-25-17-8-5-14(21(27)28)10-16(17)24-19(25)11-23-20(26)18-2-1-9-29-18/h1-10H,11-12H2,(H,23,26)(H,27,28)/p-1. The number of aromatic carboxylic acids is 1. The van der Waals surface area contributed by atoms with Crippen LogP contribution in [0, 0.1) is 5.82 Å². The number of rotatable bonds is 6. The van der Waals surface area contributed by atoms with Gasteiger partial charge in [-0.05, 0) is 47.5 Å². The lowest BCUT2D eigenvalue weighted by Gasteiger charge is -2.10. The van der Waals surface area contributed by atoms with E-state index in [1.807, 2.05) is 4.57 Å². The minimum absolute atomic E-state index is 0.00935. The number of hydrogen-bond acceptors (Lipinski definition) is 5. The van der Waals surface area contributed by atoms with E-state index in [4.69, 9.17) is 4.42 Å². The van der Waals surface area contributed by atoms with Crippen LogP contribution in [-0.2, 0) is 13.1 Å². The Morgan fingerprint density at radius 2 is 1.93 bits per heavy atom. The van der Waals surface area contributed by atoms with Gasteiger partial charge >= 0.3 is 0 Å². The first kappa shape index (κ1) is 18.4. The van der Waals surface area contributed by atoms with Crippen LogP contribution >= 0.6 is 0 Å². The summed E-state index contributed by atoms with van der Waals surface area (Å²) in [5.74, 6) is -1.35. The Bertz CT molecular complexity index is 1180. The van der Waals surface area contributed by atoms with E-state index in [2.05, 4.69) is 10.3 Å². The average Bonchev–Trinajstić information content (AvgIpc) is 3.36. The molecule has 7 nitrogen and oxygen atoms in total. The quantitative estimate of drug-likeness (QED) is 0.542. The lowest BCUT2D eigenvalue weighted by atomic mass is 10.2. The summed E-state index contributed by atoms with van der Waals surface area (Å²) in [6, 6.07) is 13.7. The Morgan fingerprint density at radius 3 is 2.62 bits per heavy atom. The van der Waals surface area contributed by atoms with Crippen molar-refractivity contribution >= 4 is 22.9 Å². The van der Waals surface area contributed by atoms with Gasteiger partial charge in [0, 0.05) is 6.54 Å². The molecule has 1 N–H and O–H groups in total. The number of nitrogens with one attached hydrogen (secondary N) is 1. The zero-order valence-electron chi connectivity index (χ0n) is 15.1. The normalized spacial score (nSPS) is 10.9. The summed E-state index contributed by atoms with van der Waals surface area (Å²) < 4.78 is 20.1. The molecule has 29 heavy (non-hydrogen) atoms. The Hall–Kier alpha value is -3.94. The van der Waals surface area contributed by atoms with Crippen LogP contribution in [0.3, 0.4) is 0 Å². The Balaban J connectivity index is 1.69. The SMILES string of the molecule is O=C([O-])c1ccc2c(c1)nc(CNC(=O)c1ccco1)n2Cc1ccc(F)cc1. The second-order valence-corrected chi connectivity index (χ2v) is 6.39. The van der Waals surface area contributed by atoms with Crippen molar-refractivity contribution in [2.75, 3.05) is 0 Å². The van der Waals surface area contributed by atoms with Crippen molar-refractivity contribution in [3.05, 3.63) is 89.4 Å². The van der Waals surface area contributed by atoms with E-state index in [-0.39, 0.29) is 23.7 Å². The van der Waals surface area contributed by atoms with E-state index in [0.717, 1.165) is 5.56 Å². The van der Waals surface area contributed by atoms with Crippen molar-refractivity contribution in [2.24, 2.45) is 0 Å². The third-order valence-corrected chi connectivity index (χ3v) is 4.47. The Morgan fingerprint density at radius 1 is 1.14 bits per heavy atom. The molecule has 0 bridgehead atoms. The highest BCUT2D eigenvalue weighted by Gasteiger charge is 2.15. The molecule has 0 fully saturated rings. The molecule has 0 saturated carbocycles. The highest BCUT2D eigenvalue weighted by Crippen LogP contribution is 2.20. The van der Waals surface area contributed by atoms with Crippen molar-refractivity contribution in [1.82, 2.24) is 14.9 Å². The van der Waals surface area contributed by atoms with Crippen LogP contribution in [0.5, 0.6) is 0 Å². The van der Waals surface area contributed by atoms with Crippen LogP contribution in [0.4, 0.5) is 4.39 Å². The number of imidazole rings is 1. The monoisotopic (exact) mass is 392 g/mol. The van der Waals surface area contributed by atoms with E-state index >= 15 is 0 Å². The van der Waals surface area contributed by atoms with E-state index in [1.165, 1.54) is 30.5 Å². The van der Waals surface area contributed by atoms with Gasteiger partial charge in [0.1, 0.15) is 11.6 Å². The first-order valence-electron chi connectivity index (χ1n) is 8.78. The number of benzene rings is 2. The molecule has 0 spiro atoms. The number of furan rings is 1. The number of carbonyl (C=O) groups is 2. The number of fused-ring (bicyclic) bond motifs is 1. The topological polar surface area (TPSA) is 100 Å². The zero-order chi connectivity index (χ0) is 20.4. The van der Waals surface area contributed by atoms with Gasteiger partial charge in [-0.15, -0.1) is 0 Å². The maximum absolute atomic E-state index is 13.2. The summed E-state index contributed by atoms with van der Waals surface area (Å²) in [6.45, 7) is 0.462. The lowest BCUT2D eigenvalue weighted by molar-refractivity contribution is -0.255. The molecular formula is C21H15FN3O4-. The number of carboxylic acid groups (broad SMARTS) is 1. The fourth-order valence-corrected chi connectivity index (χ4v) is 3.04. The van der Waals surface area contributed by atoms with Crippen molar-refractivity contribution in [3.63, 3.8) is 0 Å². The third-order valence-electron chi connectivity index (χ3n) is 4.47. The number of carboxylic acids is 1. The highest BCUT2D eigenvalue weighted by atomic mass is 19.1. The zero-order valence-corrected chi connectivity index (χ0v) is 15.1. The molecule has 8 heteroatoms. The molecule has 4 rings (SSSR count). The molecule has 0 aliphatic rings. The van der Waals surface area contributed by atoms with Crippen LogP contribution < -0.4 is 10.4 Å². The summed E-state index contributed by atoms with van der Waals surface area (Å²) in [4.78, 5) is 27.8. The molecule has 2 heterocycles. The summed E-state index contributed by atoms with van der Waals surface area (Å²) in [5, 5.41) is 13.9. The molecule has 0 atom stereocenters. The Labute approximate surface area is 164 Å². The smallest absolute Gasteiger partial charge is 0.287 e. The van der Waals surface area contributed by atoms with Gasteiger partial charge in [0.2, 0.25) is 0 Å². The average molecular weight is 392 g/mol. The molecular weight excluding hydrogens is 377 g/mol. The van der Waals surface area contributed by atoms with Gasteiger partial charge in [0.05, 0.1) is 29.8 Å². The number of amides is 1. The van der Waals surface area contributed by atoms with Crippen LogP contribution in [0.25, 0.3) is 11.0 Å². The summed E-state index contributed by atoms with van der Waals surface area (Å²) in [5.41, 5.74) is 1.97. The first-order valence-corrected chi connectivity index (χ1v) is 8.78. The molecule has 4 aromatic rings. The molecule has 0 radical (unpaired) electrons. The largest absolute Gasteiger partial charge is 0.545 e. The van der Waals surface area contributed by atoms with E-state index < -0.39 is 11.9 Å².